The predicted molar refractivity (Wildman–Crippen MR) is 82.4 cm³/mol. The van der Waals surface area contributed by atoms with Gasteiger partial charge in [-0.05, 0) is 6.92 Å². The maximum absolute atomic E-state index is 5.88. The fourth-order valence-electron chi connectivity index (χ4n) is 2.50. The molecule has 3 heterocycles. The van der Waals surface area contributed by atoms with Gasteiger partial charge in [-0.15, -0.1) is 11.3 Å². The molecule has 1 atom stereocenters. The van der Waals surface area contributed by atoms with Crippen molar-refractivity contribution in [1.29, 1.82) is 0 Å². The topological polar surface area (TPSA) is 63.2 Å². The second kappa shape index (κ2) is 6.46. The zero-order valence-electron chi connectivity index (χ0n) is 12.2. The van der Waals surface area contributed by atoms with E-state index in [-0.39, 0.29) is 6.10 Å². The van der Waals surface area contributed by atoms with Gasteiger partial charge in [0.2, 0.25) is 0 Å². The van der Waals surface area contributed by atoms with Crippen LogP contribution in [0.25, 0.3) is 0 Å². The highest BCUT2D eigenvalue weighted by Crippen LogP contribution is 2.25. The molecule has 0 amide bonds. The molecule has 21 heavy (non-hydrogen) atoms. The minimum absolute atomic E-state index is 0.0466. The van der Waals surface area contributed by atoms with Crippen LogP contribution in [-0.2, 0) is 11.3 Å². The molecular weight excluding hydrogens is 286 g/mol. The number of nitrogens with zero attached hydrogens (tertiary/aromatic N) is 4. The van der Waals surface area contributed by atoms with Crippen LogP contribution in [-0.4, -0.2) is 46.6 Å². The Morgan fingerprint density at radius 3 is 3.05 bits per heavy atom. The molecular formula is C14H19N5OS. The third-order valence-corrected chi connectivity index (χ3v) is 4.29. The van der Waals surface area contributed by atoms with Crippen molar-refractivity contribution in [1.82, 2.24) is 19.9 Å². The van der Waals surface area contributed by atoms with Crippen LogP contribution >= 0.6 is 11.3 Å². The van der Waals surface area contributed by atoms with E-state index in [2.05, 4.69) is 30.5 Å². The molecule has 1 saturated heterocycles. The first kappa shape index (κ1) is 14.4. The summed E-state index contributed by atoms with van der Waals surface area (Å²) in [7, 11) is 1.85. The van der Waals surface area contributed by atoms with Gasteiger partial charge in [0.05, 0.1) is 17.3 Å². The summed E-state index contributed by atoms with van der Waals surface area (Å²) in [6, 6.07) is 0. The highest BCUT2D eigenvalue weighted by Gasteiger charge is 2.25. The van der Waals surface area contributed by atoms with Crippen LogP contribution in [0, 0.1) is 6.92 Å². The van der Waals surface area contributed by atoms with Crippen LogP contribution in [0.4, 0.5) is 5.82 Å². The second-order valence-corrected chi connectivity index (χ2v) is 6.05. The van der Waals surface area contributed by atoms with Gasteiger partial charge in [0.25, 0.3) is 0 Å². The summed E-state index contributed by atoms with van der Waals surface area (Å²) in [6.45, 7) is 5.33. The summed E-state index contributed by atoms with van der Waals surface area (Å²) in [5.74, 6) is 0.786. The summed E-state index contributed by atoms with van der Waals surface area (Å²) in [4.78, 5) is 15.6. The summed E-state index contributed by atoms with van der Waals surface area (Å²) in [5, 5.41) is 6.32. The maximum Gasteiger partial charge on any atom is 0.150 e. The van der Waals surface area contributed by atoms with Gasteiger partial charge in [0, 0.05) is 44.5 Å². The first-order valence-electron chi connectivity index (χ1n) is 7.00. The minimum atomic E-state index is -0.0466. The van der Waals surface area contributed by atoms with Crippen LogP contribution in [0.2, 0.25) is 0 Å². The van der Waals surface area contributed by atoms with Crippen molar-refractivity contribution in [3.05, 3.63) is 34.2 Å². The maximum atomic E-state index is 5.88. The molecule has 0 saturated carbocycles. The van der Waals surface area contributed by atoms with Gasteiger partial charge in [-0.1, -0.05) is 0 Å². The Labute approximate surface area is 128 Å². The Balaban J connectivity index is 1.70. The number of thiazole rings is 1. The van der Waals surface area contributed by atoms with Crippen LogP contribution in [0.5, 0.6) is 0 Å². The normalized spacial score (nSPS) is 19.6. The summed E-state index contributed by atoms with van der Waals surface area (Å²) in [5.41, 5.74) is 2.00. The van der Waals surface area contributed by atoms with Crippen molar-refractivity contribution in [3.63, 3.8) is 0 Å². The number of aryl methyl sites for hydroxylation is 1. The minimum Gasteiger partial charge on any atom is -0.372 e. The van der Waals surface area contributed by atoms with Crippen molar-refractivity contribution in [3.8, 4) is 0 Å². The van der Waals surface area contributed by atoms with Crippen molar-refractivity contribution >= 4 is 17.2 Å². The van der Waals surface area contributed by atoms with Crippen molar-refractivity contribution in [2.24, 2.45) is 0 Å². The molecule has 6 nitrogen and oxygen atoms in total. The van der Waals surface area contributed by atoms with E-state index >= 15 is 0 Å². The Hall–Kier alpha value is -1.57. The average Bonchev–Trinajstić information content (AvgIpc) is 2.92. The summed E-state index contributed by atoms with van der Waals surface area (Å²) in [6.07, 6.45) is 3.35. The molecule has 1 aliphatic rings. The Morgan fingerprint density at radius 1 is 1.43 bits per heavy atom. The number of hydrogen-bond acceptors (Lipinski definition) is 7. The number of rotatable bonds is 4. The van der Waals surface area contributed by atoms with Crippen LogP contribution in [0.1, 0.15) is 22.5 Å². The molecule has 1 aliphatic heterocycles. The molecule has 0 aromatic carbocycles. The number of anilines is 1. The van der Waals surface area contributed by atoms with Crippen molar-refractivity contribution < 1.29 is 4.74 Å². The lowest BCUT2D eigenvalue weighted by Gasteiger charge is -2.32. The van der Waals surface area contributed by atoms with Crippen LogP contribution < -0.4 is 5.32 Å². The molecule has 1 fully saturated rings. The first-order valence-corrected chi connectivity index (χ1v) is 7.88. The average molecular weight is 305 g/mol. The summed E-state index contributed by atoms with van der Waals surface area (Å²) < 4.78 is 5.88. The van der Waals surface area contributed by atoms with Crippen molar-refractivity contribution in [2.75, 3.05) is 32.1 Å². The molecule has 2 aromatic rings. The van der Waals surface area contributed by atoms with E-state index in [4.69, 9.17) is 4.74 Å². The fraction of sp³-hybridized carbons (Fsp3) is 0.500. The van der Waals surface area contributed by atoms with Crippen LogP contribution in [0.3, 0.4) is 0 Å². The van der Waals surface area contributed by atoms with E-state index in [1.54, 1.807) is 23.7 Å². The fourth-order valence-corrected chi connectivity index (χ4v) is 3.10. The monoisotopic (exact) mass is 305 g/mol. The van der Waals surface area contributed by atoms with Gasteiger partial charge >= 0.3 is 0 Å². The number of aromatic nitrogens is 3. The number of nitrogens with one attached hydrogen (secondary N) is 1. The lowest BCUT2D eigenvalue weighted by atomic mass is 10.2. The van der Waals surface area contributed by atoms with E-state index in [1.807, 2.05) is 14.0 Å². The van der Waals surface area contributed by atoms with Gasteiger partial charge in [-0.25, -0.2) is 9.97 Å². The van der Waals surface area contributed by atoms with Gasteiger partial charge < -0.3 is 10.1 Å². The molecule has 0 radical (unpaired) electrons. The Morgan fingerprint density at radius 2 is 2.29 bits per heavy atom. The van der Waals surface area contributed by atoms with Gasteiger partial charge in [0.1, 0.15) is 17.6 Å². The third-order valence-electron chi connectivity index (χ3n) is 3.47. The largest absolute Gasteiger partial charge is 0.372 e. The van der Waals surface area contributed by atoms with Crippen LogP contribution in [0.15, 0.2) is 17.8 Å². The van der Waals surface area contributed by atoms with Gasteiger partial charge in [0.15, 0.2) is 0 Å². The predicted octanol–water partition coefficient (Wildman–Crippen LogP) is 1.86. The molecule has 0 bridgehead atoms. The highest BCUT2D eigenvalue weighted by atomic mass is 32.1. The smallest absolute Gasteiger partial charge is 0.150 e. The second-order valence-electron chi connectivity index (χ2n) is 4.99. The number of hydrogen-bond donors (Lipinski definition) is 1. The number of ether oxygens (including phenoxy) is 1. The lowest BCUT2D eigenvalue weighted by Crippen LogP contribution is -2.38. The third kappa shape index (κ3) is 3.37. The molecule has 2 aromatic heterocycles. The highest BCUT2D eigenvalue weighted by molar-refractivity contribution is 7.09. The molecule has 0 aliphatic carbocycles. The lowest BCUT2D eigenvalue weighted by molar-refractivity contribution is -0.0350. The number of morpholine rings is 1. The zero-order chi connectivity index (χ0) is 14.7. The molecule has 3 rings (SSSR count). The quantitative estimate of drug-likeness (QED) is 0.930. The van der Waals surface area contributed by atoms with E-state index in [9.17, 15) is 0 Å². The standard InChI is InChI=1S/C14H19N5OS/c1-10-18-11(9-21-10)7-19-5-6-20-12(8-19)13-14(15-2)17-4-3-16-13/h3-4,9,12H,5-8H2,1-2H3,(H,15,17). The zero-order valence-corrected chi connectivity index (χ0v) is 13.1. The van der Waals surface area contributed by atoms with Gasteiger partial charge in [-0.3, -0.25) is 9.88 Å². The Kier molecular flexibility index (Phi) is 4.42. The molecule has 7 heteroatoms. The van der Waals surface area contributed by atoms with E-state index in [0.29, 0.717) is 6.61 Å². The van der Waals surface area contributed by atoms with Gasteiger partial charge in [-0.2, -0.15) is 0 Å². The summed E-state index contributed by atoms with van der Waals surface area (Å²) >= 11 is 1.69. The first-order chi connectivity index (χ1) is 10.3. The molecule has 112 valence electrons. The Bertz CT molecular complexity index is 603. The molecule has 1 unspecified atom stereocenters. The van der Waals surface area contributed by atoms with E-state index < -0.39 is 0 Å². The SMILES string of the molecule is CNc1nccnc1C1CN(Cc2csc(C)n2)CCO1. The van der Waals surface area contributed by atoms with E-state index in [0.717, 1.165) is 41.8 Å². The molecule has 1 N–H and O–H groups in total. The van der Waals surface area contributed by atoms with Crippen molar-refractivity contribution in [2.45, 2.75) is 19.6 Å². The van der Waals surface area contributed by atoms with E-state index in [1.165, 1.54) is 0 Å². The molecule has 0 spiro atoms.